The molecule has 0 fully saturated rings. The van der Waals surface area contributed by atoms with Crippen molar-refractivity contribution in [2.45, 2.75) is 44.2 Å². The van der Waals surface area contributed by atoms with Crippen molar-refractivity contribution >= 4 is 5.91 Å². The summed E-state index contributed by atoms with van der Waals surface area (Å²) in [5.74, 6) is -2.08. The van der Waals surface area contributed by atoms with Gasteiger partial charge in [-0.3, -0.25) is 4.79 Å². The Labute approximate surface area is 214 Å². The first-order chi connectivity index (χ1) is 17.9. The molecule has 196 valence electrons. The second-order valence-corrected chi connectivity index (χ2v) is 8.34. The van der Waals surface area contributed by atoms with Crippen LogP contribution in [-0.4, -0.2) is 36.9 Å². The van der Waals surface area contributed by atoms with Gasteiger partial charge in [-0.05, 0) is 16.7 Å². The van der Waals surface area contributed by atoms with Crippen molar-refractivity contribution in [1.29, 1.82) is 0 Å². The zero-order valence-electron chi connectivity index (χ0n) is 20.3. The second kappa shape index (κ2) is 14.3. The number of carbonyl (C=O) groups excluding carboxylic acids is 1. The Kier molecular flexibility index (Phi) is 10.9. The van der Waals surface area contributed by atoms with Crippen LogP contribution in [0.2, 0.25) is 0 Å². The maximum absolute atomic E-state index is 13.2. The molecule has 0 aliphatic rings. The molecule has 0 saturated carbocycles. The minimum Gasteiger partial charge on any atom is -0.375 e. The Morgan fingerprint density at radius 1 is 0.784 bits per heavy atom. The lowest BCUT2D eigenvalue weighted by Crippen LogP contribution is -2.55. The summed E-state index contributed by atoms with van der Waals surface area (Å²) in [4.78, 5) is 12.0. The first kappa shape index (κ1) is 28.1. The van der Waals surface area contributed by atoms with Gasteiger partial charge in [0.1, 0.15) is 12.2 Å². The van der Waals surface area contributed by atoms with Gasteiger partial charge in [-0.2, -0.15) is 13.2 Å². The minimum atomic E-state index is -5.07. The van der Waals surface area contributed by atoms with Crippen molar-refractivity contribution in [3.05, 3.63) is 120 Å². The standard InChI is InChI=1S/C29H30F3NO4/c1-2-26(36-19-23-14-8-4-9-15-23)27(37-20-24-16-10-5-11-17-24)25(33-28(34)29(30,31)32)21-35-18-22-12-6-3-7-13-22/h2-17,25-27H,1,18-21H2,(H,33,34)/t25-,26-,27-/m1/s1. The molecule has 0 bridgehead atoms. The molecule has 0 unspecified atom stereocenters. The van der Waals surface area contributed by atoms with Gasteiger partial charge in [0.05, 0.1) is 32.5 Å². The van der Waals surface area contributed by atoms with E-state index in [4.69, 9.17) is 14.2 Å². The van der Waals surface area contributed by atoms with Crippen molar-refractivity contribution < 1.29 is 32.2 Å². The van der Waals surface area contributed by atoms with Crippen molar-refractivity contribution in [3.63, 3.8) is 0 Å². The smallest absolute Gasteiger partial charge is 0.375 e. The molecule has 1 N–H and O–H groups in total. The molecule has 3 rings (SSSR count). The van der Waals surface area contributed by atoms with Crippen LogP contribution in [0.5, 0.6) is 0 Å². The molecule has 8 heteroatoms. The Bertz CT molecular complexity index is 1080. The highest BCUT2D eigenvalue weighted by Crippen LogP contribution is 2.20. The van der Waals surface area contributed by atoms with Gasteiger partial charge < -0.3 is 19.5 Å². The fourth-order valence-corrected chi connectivity index (χ4v) is 3.62. The van der Waals surface area contributed by atoms with Crippen LogP contribution in [0.25, 0.3) is 0 Å². The van der Waals surface area contributed by atoms with Crippen LogP contribution in [0.15, 0.2) is 104 Å². The highest BCUT2D eigenvalue weighted by molar-refractivity contribution is 5.82. The number of nitrogens with one attached hydrogen (secondary N) is 1. The van der Waals surface area contributed by atoms with Crippen molar-refractivity contribution in [2.75, 3.05) is 6.61 Å². The molecule has 1 amide bonds. The number of carbonyl (C=O) groups is 1. The lowest BCUT2D eigenvalue weighted by atomic mass is 10.0. The first-order valence-corrected chi connectivity index (χ1v) is 11.8. The molecular weight excluding hydrogens is 483 g/mol. The molecule has 0 spiro atoms. The summed E-state index contributed by atoms with van der Waals surface area (Å²) in [6.07, 6.45) is -5.48. The number of amides is 1. The van der Waals surface area contributed by atoms with Crippen LogP contribution in [0.3, 0.4) is 0 Å². The van der Waals surface area contributed by atoms with Gasteiger partial charge in [0, 0.05) is 0 Å². The predicted octanol–water partition coefficient (Wildman–Crippen LogP) is 5.61. The third-order valence-corrected chi connectivity index (χ3v) is 5.51. The highest BCUT2D eigenvalue weighted by Gasteiger charge is 2.42. The van der Waals surface area contributed by atoms with Crippen molar-refractivity contribution in [1.82, 2.24) is 5.32 Å². The van der Waals surface area contributed by atoms with Crippen LogP contribution >= 0.6 is 0 Å². The fraction of sp³-hybridized carbons (Fsp3) is 0.276. The Morgan fingerprint density at radius 2 is 1.24 bits per heavy atom. The average Bonchev–Trinajstić information content (AvgIpc) is 2.91. The van der Waals surface area contributed by atoms with E-state index in [2.05, 4.69) is 11.9 Å². The first-order valence-electron chi connectivity index (χ1n) is 11.8. The Hall–Kier alpha value is -3.46. The van der Waals surface area contributed by atoms with E-state index in [0.29, 0.717) is 0 Å². The molecule has 5 nitrogen and oxygen atoms in total. The van der Waals surface area contributed by atoms with Gasteiger partial charge in [-0.25, -0.2) is 0 Å². The summed E-state index contributed by atoms with van der Waals surface area (Å²) in [5, 5.41) is 2.05. The molecule has 3 atom stereocenters. The van der Waals surface area contributed by atoms with E-state index in [1.54, 1.807) is 0 Å². The monoisotopic (exact) mass is 513 g/mol. The summed E-state index contributed by atoms with van der Waals surface area (Å²) < 4.78 is 57.5. The topological polar surface area (TPSA) is 56.8 Å². The maximum atomic E-state index is 13.2. The Morgan fingerprint density at radius 3 is 1.70 bits per heavy atom. The Balaban J connectivity index is 1.82. The molecule has 0 aromatic heterocycles. The molecule has 0 heterocycles. The summed E-state index contributed by atoms with van der Waals surface area (Å²) in [6, 6.07) is 26.5. The lowest BCUT2D eigenvalue weighted by molar-refractivity contribution is -0.177. The normalized spacial score (nSPS) is 13.9. The molecule has 0 radical (unpaired) electrons. The molecule has 3 aromatic rings. The maximum Gasteiger partial charge on any atom is 0.471 e. The summed E-state index contributed by atoms with van der Waals surface area (Å²) in [6.45, 7) is 3.97. The predicted molar refractivity (Wildman–Crippen MR) is 134 cm³/mol. The number of alkyl halides is 3. The third-order valence-electron chi connectivity index (χ3n) is 5.51. The summed E-state index contributed by atoms with van der Waals surface area (Å²) >= 11 is 0. The van der Waals surface area contributed by atoms with Gasteiger partial charge in [-0.15, -0.1) is 6.58 Å². The van der Waals surface area contributed by atoms with Crippen LogP contribution in [0.1, 0.15) is 16.7 Å². The SMILES string of the molecule is C=C[C@@H](OCc1ccccc1)[C@H](OCc1ccccc1)[C@@H](COCc1ccccc1)NC(=O)C(F)(F)F. The van der Waals surface area contributed by atoms with E-state index >= 15 is 0 Å². The molecule has 0 aliphatic carbocycles. The van der Waals surface area contributed by atoms with Gasteiger partial charge in [0.15, 0.2) is 0 Å². The lowest BCUT2D eigenvalue weighted by Gasteiger charge is -2.33. The number of rotatable bonds is 14. The van der Waals surface area contributed by atoms with E-state index in [-0.39, 0.29) is 26.4 Å². The summed E-state index contributed by atoms with van der Waals surface area (Å²) in [7, 11) is 0. The van der Waals surface area contributed by atoms with Crippen molar-refractivity contribution in [3.8, 4) is 0 Å². The fourth-order valence-electron chi connectivity index (χ4n) is 3.62. The van der Waals surface area contributed by atoms with Gasteiger partial charge in [0.25, 0.3) is 0 Å². The van der Waals surface area contributed by atoms with Crippen LogP contribution in [0.4, 0.5) is 13.2 Å². The molecular formula is C29H30F3NO4. The highest BCUT2D eigenvalue weighted by atomic mass is 19.4. The number of hydrogen-bond acceptors (Lipinski definition) is 4. The van der Waals surface area contributed by atoms with Crippen LogP contribution < -0.4 is 5.32 Å². The van der Waals surface area contributed by atoms with Gasteiger partial charge in [-0.1, -0.05) is 97.1 Å². The second-order valence-electron chi connectivity index (χ2n) is 8.34. The van der Waals surface area contributed by atoms with E-state index in [0.717, 1.165) is 16.7 Å². The largest absolute Gasteiger partial charge is 0.471 e. The molecule has 0 saturated heterocycles. The molecule has 37 heavy (non-hydrogen) atoms. The number of halogens is 3. The van der Waals surface area contributed by atoms with E-state index in [1.165, 1.54) is 6.08 Å². The van der Waals surface area contributed by atoms with E-state index < -0.39 is 30.3 Å². The zero-order valence-corrected chi connectivity index (χ0v) is 20.3. The average molecular weight is 514 g/mol. The van der Waals surface area contributed by atoms with E-state index in [9.17, 15) is 18.0 Å². The minimum absolute atomic E-state index is 0.0849. The summed E-state index contributed by atoms with van der Waals surface area (Å²) in [5.41, 5.74) is 2.52. The number of benzene rings is 3. The van der Waals surface area contributed by atoms with E-state index in [1.807, 2.05) is 91.0 Å². The van der Waals surface area contributed by atoms with Gasteiger partial charge in [0.2, 0.25) is 0 Å². The molecule has 3 aromatic carbocycles. The zero-order chi connectivity index (χ0) is 26.5. The van der Waals surface area contributed by atoms with Crippen molar-refractivity contribution in [2.24, 2.45) is 0 Å². The molecule has 0 aliphatic heterocycles. The van der Waals surface area contributed by atoms with Crippen LogP contribution in [-0.2, 0) is 38.8 Å². The van der Waals surface area contributed by atoms with Gasteiger partial charge >= 0.3 is 12.1 Å². The van der Waals surface area contributed by atoms with Crippen LogP contribution in [0, 0.1) is 0 Å². The third kappa shape index (κ3) is 9.49. The number of ether oxygens (including phenoxy) is 3. The quantitative estimate of drug-likeness (QED) is 0.285. The number of hydrogen-bond donors (Lipinski definition) is 1.